The molecule has 0 unspecified atom stereocenters. The first-order valence-corrected chi connectivity index (χ1v) is 11.0. The monoisotopic (exact) mass is 441 g/mol. The van der Waals surface area contributed by atoms with Crippen LogP contribution in [0.2, 0.25) is 5.02 Å². The summed E-state index contributed by atoms with van der Waals surface area (Å²) in [4.78, 5) is 39.5. The molecule has 2 aromatic rings. The van der Waals surface area contributed by atoms with Crippen molar-refractivity contribution in [3.05, 3.63) is 64.7 Å². The molecule has 0 aromatic heterocycles. The van der Waals surface area contributed by atoms with Crippen LogP contribution in [0, 0.1) is 5.92 Å². The van der Waals surface area contributed by atoms with E-state index in [1.165, 1.54) is 0 Å². The number of nitrogens with zero attached hydrogens (tertiary/aromatic N) is 1. The molecule has 1 aliphatic heterocycles. The van der Waals surface area contributed by atoms with E-state index in [1.807, 2.05) is 13.8 Å². The molecule has 2 N–H and O–H groups in total. The standard InChI is InChI=1S/C24H28ClN3O3/c1-3-16(2)26-22(29)18-11-13-28(14-12-18)24(31)19-5-4-6-21(15-19)27-23(30)17-7-9-20(25)10-8-17/h4-10,15-16,18H,3,11-14H2,1-2H3,(H,26,29)(H,27,30)/t16-/m0/s1. The van der Waals surface area contributed by atoms with Gasteiger partial charge in [-0.2, -0.15) is 0 Å². The van der Waals surface area contributed by atoms with Crippen LogP contribution in [-0.4, -0.2) is 41.8 Å². The predicted octanol–water partition coefficient (Wildman–Crippen LogP) is 4.36. The maximum atomic E-state index is 12.9. The van der Waals surface area contributed by atoms with Crippen LogP contribution in [0.1, 0.15) is 53.8 Å². The lowest BCUT2D eigenvalue weighted by Gasteiger charge is -2.32. The van der Waals surface area contributed by atoms with E-state index in [9.17, 15) is 14.4 Å². The average Bonchev–Trinajstić information content (AvgIpc) is 2.79. The number of nitrogens with one attached hydrogen (secondary N) is 2. The Labute approximate surface area is 188 Å². The molecule has 0 saturated carbocycles. The number of benzene rings is 2. The van der Waals surface area contributed by atoms with Crippen molar-refractivity contribution >= 4 is 35.0 Å². The molecule has 3 amide bonds. The number of rotatable bonds is 6. The highest BCUT2D eigenvalue weighted by Gasteiger charge is 2.28. The number of halogens is 1. The lowest BCUT2D eigenvalue weighted by molar-refractivity contribution is -0.126. The summed E-state index contributed by atoms with van der Waals surface area (Å²) >= 11 is 5.86. The molecule has 1 saturated heterocycles. The van der Waals surface area contributed by atoms with Crippen LogP contribution >= 0.6 is 11.6 Å². The van der Waals surface area contributed by atoms with Crippen LogP contribution in [0.25, 0.3) is 0 Å². The van der Waals surface area contributed by atoms with E-state index in [1.54, 1.807) is 53.4 Å². The Balaban J connectivity index is 1.58. The van der Waals surface area contributed by atoms with Crippen LogP contribution in [0.3, 0.4) is 0 Å². The fraction of sp³-hybridized carbons (Fsp3) is 0.375. The third-order valence-electron chi connectivity index (χ3n) is 5.63. The fourth-order valence-corrected chi connectivity index (χ4v) is 3.65. The smallest absolute Gasteiger partial charge is 0.255 e. The van der Waals surface area contributed by atoms with Crippen LogP contribution in [0.4, 0.5) is 5.69 Å². The zero-order valence-electron chi connectivity index (χ0n) is 17.9. The molecule has 1 heterocycles. The van der Waals surface area contributed by atoms with Gasteiger partial charge in [0.25, 0.3) is 11.8 Å². The number of likely N-dealkylation sites (tertiary alicyclic amines) is 1. The zero-order valence-corrected chi connectivity index (χ0v) is 18.6. The predicted molar refractivity (Wildman–Crippen MR) is 122 cm³/mol. The first-order valence-electron chi connectivity index (χ1n) is 10.6. The molecule has 164 valence electrons. The van der Waals surface area contributed by atoms with Crippen molar-refractivity contribution in [3.63, 3.8) is 0 Å². The molecule has 0 radical (unpaired) electrons. The molecule has 3 rings (SSSR count). The van der Waals surface area contributed by atoms with Gasteiger partial charge in [-0.05, 0) is 68.7 Å². The maximum Gasteiger partial charge on any atom is 0.255 e. The van der Waals surface area contributed by atoms with E-state index in [0.29, 0.717) is 47.8 Å². The number of amides is 3. The van der Waals surface area contributed by atoms with Gasteiger partial charge in [0.15, 0.2) is 0 Å². The van der Waals surface area contributed by atoms with Crippen molar-refractivity contribution < 1.29 is 14.4 Å². The SMILES string of the molecule is CC[C@H](C)NC(=O)C1CCN(C(=O)c2cccc(NC(=O)c3ccc(Cl)cc3)c2)CC1. The second-order valence-electron chi connectivity index (χ2n) is 7.93. The van der Waals surface area contributed by atoms with Crippen LogP contribution in [0.5, 0.6) is 0 Å². The van der Waals surface area contributed by atoms with Gasteiger partial charge in [0.2, 0.25) is 5.91 Å². The average molecular weight is 442 g/mol. The molecule has 0 aliphatic carbocycles. The van der Waals surface area contributed by atoms with Crippen molar-refractivity contribution in [2.45, 2.75) is 39.2 Å². The lowest BCUT2D eigenvalue weighted by atomic mass is 9.95. The molecule has 1 atom stereocenters. The summed E-state index contributed by atoms with van der Waals surface area (Å²) in [5, 5.41) is 6.40. The highest BCUT2D eigenvalue weighted by Crippen LogP contribution is 2.21. The largest absolute Gasteiger partial charge is 0.353 e. The summed E-state index contributed by atoms with van der Waals surface area (Å²) in [5.41, 5.74) is 1.55. The van der Waals surface area contributed by atoms with Crippen molar-refractivity contribution in [3.8, 4) is 0 Å². The van der Waals surface area contributed by atoms with E-state index in [0.717, 1.165) is 6.42 Å². The first kappa shape index (κ1) is 22.8. The maximum absolute atomic E-state index is 12.9. The van der Waals surface area contributed by atoms with Gasteiger partial charge in [0, 0.05) is 46.9 Å². The molecule has 1 aliphatic rings. The minimum absolute atomic E-state index is 0.0527. The highest BCUT2D eigenvalue weighted by atomic mass is 35.5. The van der Waals surface area contributed by atoms with Gasteiger partial charge in [-0.15, -0.1) is 0 Å². The number of anilines is 1. The van der Waals surface area contributed by atoms with Gasteiger partial charge in [0.05, 0.1) is 0 Å². The molecule has 0 spiro atoms. The summed E-state index contributed by atoms with van der Waals surface area (Å²) in [6.07, 6.45) is 2.20. The fourth-order valence-electron chi connectivity index (χ4n) is 3.52. The number of piperidine rings is 1. The van der Waals surface area contributed by atoms with Gasteiger partial charge in [-0.1, -0.05) is 24.6 Å². The van der Waals surface area contributed by atoms with Crippen LogP contribution < -0.4 is 10.6 Å². The Hall–Kier alpha value is -2.86. The minimum atomic E-state index is -0.269. The van der Waals surface area contributed by atoms with E-state index >= 15 is 0 Å². The Morgan fingerprint density at radius 2 is 1.74 bits per heavy atom. The summed E-state index contributed by atoms with van der Waals surface area (Å²) in [7, 11) is 0. The second kappa shape index (κ2) is 10.4. The Morgan fingerprint density at radius 3 is 2.39 bits per heavy atom. The number of hydrogen-bond donors (Lipinski definition) is 2. The van der Waals surface area contributed by atoms with E-state index in [2.05, 4.69) is 10.6 Å². The topological polar surface area (TPSA) is 78.5 Å². The van der Waals surface area contributed by atoms with Crippen molar-refractivity contribution in [2.75, 3.05) is 18.4 Å². The quantitative estimate of drug-likeness (QED) is 0.699. The summed E-state index contributed by atoms with van der Waals surface area (Å²) in [5.74, 6) is -0.339. The number of hydrogen-bond acceptors (Lipinski definition) is 3. The van der Waals surface area contributed by atoms with Gasteiger partial charge in [-0.3, -0.25) is 14.4 Å². The third kappa shape index (κ3) is 6.07. The van der Waals surface area contributed by atoms with Crippen molar-refractivity contribution in [2.24, 2.45) is 5.92 Å². The van der Waals surface area contributed by atoms with E-state index < -0.39 is 0 Å². The summed E-state index contributed by atoms with van der Waals surface area (Å²) in [6.45, 7) is 5.12. The number of carbonyl (C=O) groups is 3. The Bertz CT molecular complexity index is 937. The number of carbonyl (C=O) groups excluding carboxylic acids is 3. The van der Waals surface area contributed by atoms with Gasteiger partial charge in [0.1, 0.15) is 0 Å². The van der Waals surface area contributed by atoms with Crippen molar-refractivity contribution in [1.29, 1.82) is 0 Å². The summed E-state index contributed by atoms with van der Waals surface area (Å²) < 4.78 is 0. The first-order chi connectivity index (χ1) is 14.9. The molecule has 31 heavy (non-hydrogen) atoms. The third-order valence-corrected chi connectivity index (χ3v) is 5.88. The molecule has 1 fully saturated rings. The zero-order chi connectivity index (χ0) is 22.4. The molecule has 0 bridgehead atoms. The normalized spacial score (nSPS) is 15.3. The highest BCUT2D eigenvalue weighted by molar-refractivity contribution is 6.30. The van der Waals surface area contributed by atoms with E-state index in [-0.39, 0.29) is 29.7 Å². The molecule has 7 heteroatoms. The molecular formula is C24H28ClN3O3. The van der Waals surface area contributed by atoms with Crippen LogP contribution in [0.15, 0.2) is 48.5 Å². The summed E-state index contributed by atoms with van der Waals surface area (Å²) in [6, 6.07) is 13.7. The lowest BCUT2D eigenvalue weighted by Crippen LogP contribution is -2.44. The van der Waals surface area contributed by atoms with Gasteiger partial charge >= 0.3 is 0 Å². The second-order valence-corrected chi connectivity index (χ2v) is 8.36. The molecule has 6 nitrogen and oxygen atoms in total. The Morgan fingerprint density at radius 1 is 1.06 bits per heavy atom. The van der Waals surface area contributed by atoms with Gasteiger partial charge in [-0.25, -0.2) is 0 Å². The van der Waals surface area contributed by atoms with Gasteiger partial charge < -0.3 is 15.5 Å². The minimum Gasteiger partial charge on any atom is -0.353 e. The Kier molecular flexibility index (Phi) is 7.69. The van der Waals surface area contributed by atoms with Crippen molar-refractivity contribution in [1.82, 2.24) is 10.2 Å². The molecule has 2 aromatic carbocycles. The molecular weight excluding hydrogens is 414 g/mol. The van der Waals surface area contributed by atoms with Crippen LogP contribution in [-0.2, 0) is 4.79 Å². The van der Waals surface area contributed by atoms with E-state index in [4.69, 9.17) is 11.6 Å².